The van der Waals surface area contributed by atoms with E-state index in [9.17, 15) is 9.18 Å². The third-order valence-corrected chi connectivity index (χ3v) is 5.07. The normalized spacial score (nSPS) is 10.7. The van der Waals surface area contributed by atoms with E-state index in [-0.39, 0.29) is 22.4 Å². The van der Waals surface area contributed by atoms with Gasteiger partial charge in [-0.25, -0.2) is 14.4 Å². The van der Waals surface area contributed by atoms with Gasteiger partial charge < -0.3 is 5.32 Å². The molecule has 0 saturated carbocycles. The van der Waals surface area contributed by atoms with Crippen molar-refractivity contribution in [1.82, 2.24) is 9.97 Å². The van der Waals surface area contributed by atoms with E-state index in [2.05, 4.69) is 15.3 Å². The highest BCUT2D eigenvalue weighted by atomic mass is 35.5. The number of benzene rings is 2. The summed E-state index contributed by atoms with van der Waals surface area (Å²) in [7, 11) is 0. The molecule has 0 saturated heterocycles. The monoisotopic (exact) mass is 401 g/mol. The molecule has 1 aromatic heterocycles. The molecule has 0 unspecified atom stereocenters. The molecule has 0 aliphatic heterocycles. The van der Waals surface area contributed by atoms with Crippen LogP contribution in [-0.4, -0.2) is 15.9 Å². The van der Waals surface area contributed by atoms with Gasteiger partial charge in [-0.2, -0.15) is 0 Å². The lowest BCUT2D eigenvalue weighted by molar-refractivity contribution is 0.102. The fourth-order valence-corrected chi connectivity index (χ4v) is 3.31. The number of hydrogen-bond donors (Lipinski definition) is 1. The van der Waals surface area contributed by atoms with Crippen LogP contribution in [0.3, 0.4) is 0 Å². The molecule has 138 valence electrons. The van der Waals surface area contributed by atoms with Crippen LogP contribution in [0.4, 0.5) is 10.1 Å². The maximum absolute atomic E-state index is 13.0. The van der Waals surface area contributed by atoms with Gasteiger partial charge in [-0.1, -0.05) is 47.6 Å². The molecular weight excluding hydrogens is 385 g/mol. The maximum Gasteiger partial charge on any atom is 0.275 e. The van der Waals surface area contributed by atoms with E-state index >= 15 is 0 Å². The topological polar surface area (TPSA) is 54.9 Å². The second kappa shape index (κ2) is 8.50. The lowest BCUT2D eigenvalue weighted by Crippen LogP contribution is -2.16. The van der Waals surface area contributed by atoms with Crippen molar-refractivity contribution in [2.75, 3.05) is 5.32 Å². The first-order valence-corrected chi connectivity index (χ1v) is 9.57. The summed E-state index contributed by atoms with van der Waals surface area (Å²) in [6.07, 6.45) is 1.42. The Balaban J connectivity index is 1.75. The van der Waals surface area contributed by atoms with Crippen molar-refractivity contribution in [3.8, 4) is 0 Å². The molecule has 0 aliphatic carbocycles. The minimum absolute atomic E-state index is 0.120. The van der Waals surface area contributed by atoms with Crippen molar-refractivity contribution in [3.63, 3.8) is 0 Å². The molecule has 1 amide bonds. The van der Waals surface area contributed by atoms with Gasteiger partial charge in [-0.3, -0.25) is 4.79 Å². The molecule has 3 rings (SSSR count). The van der Waals surface area contributed by atoms with Crippen LogP contribution in [0.25, 0.3) is 0 Å². The van der Waals surface area contributed by atoms with Crippen LogP contribution in [-0.2, 0) is 5.75 Å². The molecule has 7 heteroatoms. The van der Waals surface area contributed by atoms with Crippen LogP contribution in [0.15, 0.2) is 53.8 Å². The van der Waals surface area contributed by atoms with Gasteiger partial charge >= 0.3 is 0 Å². The van der Waals surface area contributed by atoms with Crippen molar-refractivity contribution in [2.45, 2.75) is 24.8 Å². The molecule has 3 aromatic rings. The SMILES string of the molecule is Cc1ccc(C)c(NC(=O)c2nc(SCc3ccc(F)cc3)ncc2Cl)c1. The zero-order valence-electron chi connectivity index (χ0n) is 14.8. The van der Waals surface area contributed by atoms with Crippen LogP contribution >= 0.6 is 23.4 Å². The fraction of sp³-hybridized carbons (Fsp3) is 0.150. The largest absolute Gasteiger partial charge is 0.320 e. The molecule has 2 aromatic carbocycles. The van der Waals surface area contributed by atoms with Crippen LogP contribution in [0.1, 0.15) is 27.2 Å². The number of halogens is 2. The Kier molecular flexibility index (Phi) is 6.08. The second-order valence-corrected chi connectivity index (χ2v) is 7.39. The van der Waals surface area contributed by atoms with Crippen molar-refractivity contribution in [1.29, 1.82) is 0 Å². The Morgan fingerprint density at radius 3 is 2.67 bits per heavy atom. The van der Waals surface area contributed by atoms with Crippen LogP contribution in [0, 0.1) is 19.7 Å². The third-order valence-electron chi connectivity index (χ3n) is 3.86. The number of hydrogen-bond acceptors (Lipinski definition) is 4. The zero-order chi connectivity index (χ0) is 19.4. The van der Waals surface area contributed by atoms with Gasteiger partial charge in [0.1, 0.15) is 5.82 Å². The molecule has 1 heterocycles. The summed E-state index contributed by atoms with van der Waals surface area (Å²) in [5.41, 5.74) is 3.76. The number of aromatic nitrogens is 2. The van der Waals surface area contributed by atoms with E-state index in [0.717, 1.165) is 22.4 Å². The molecule has 4 nitrogen and oxygen atoms in total. The lowest BCUT2D eigenvalue weighted by atomic mass is 10.1. The number of anilines is 1. The zero-order valence-corrected chi connectivity index (χ0v) is 16.4. The summed E-state index contributed by atoms with van der Waals surface area (Å²) >= 11 is 7.47. The first kappa shape index (κ1) is 19.3. The number of thioether (sulfide) groups is 1. The van der Waals surface area contributed by atoms with Gasteiger partial charge in [0.25, 0.3) is 5.91 Å². The van der Waals surface area contributed by atoms with Crippen molar-refractivity contribution in [2.24, 2.45) is 0 Å². The van der Waals surface area contributed by atoms with E-state index in [4.69, 9.17) is 11.6 Å². The summed E-state index contributed by atoms with van der Waals surface area (Å²) < 4.78 is 13.0. The number of carbonyl (C=O) groups is 1. The number of amides is 1. The Hall–Kier alpha value is -2.44. The predicted molar refractivity (Wildman–Crippen MR) is 107 cm³/mol. The van der Waals surface area contributed by atoms with Crippen molar-refractivity contribution in [3.05, 3.63) is 81.9 Å². The average Bonchev–Trinajstić information content (AvgIpc) is 2.65. The van der Waals surface area contributed by atoms with E-state index in [1.54, 1.807) is 12.1 Å². The molecule has 0 aliphatic rings. The Morgan fingerprint density at radius 2 is 1.93 bits per heavy atom. The standard InChI is InChI=1S/C20H17ClFN3OS/c1-12-3-4-13(2)17(9-12)24-19(26)18-16(21)10-23-20(25-18)27-11-14-5-7-15(22)8-6-14/h3-10H,11H2,1-2H3,(H,24,26). The Labute approximate surface area is 166 Å². The average molecular weight is 402 g/mol. The van der Waals surface area contributed by atoms with E-state index < -0.39 is 0 Å². The van der Waals surface area contributed by atoms with Crippen molar-refractivity contribution < 1.29 is 9.18 Å². The highest BCUT2D eigenvalue weighted by Gasteiger charge is 2.16. The Morgan fingerprint density at radius 1 is 1.19 bits per heavy atom. The van der Waals surface area contributed by atoms with Gasteiger partial charge in [-0.05, 0) is 48.7 Å². The summed E-state index contributed by atoms with van der Waals surface area (Å²) in [4.78, 5) is 21.1. The van der Waals surface area contributed by atoms with E-state index in [1.807, 2.05) is 32.0 Å². The number of nitrogens with one attached hydrogen (secondary N) is 1. The molecule has 0 spiro atoms. The summed E-state index contributed by atoms with van der Waals surface area (Å²) in [5, 5.41) is 3.46. The second-order valence-electron chi connectivity index (χ2n) is 6.04. The van der Waals surface area contributed by atoms with E-state index in [1.165, 1.54) is 30.1 Å². The summed E-state index contributed by atoms with van der Waals surface area (Å²) in [6.45, 7) is 3.87. The number of carbonyl (C=O) groups excluding carboxylic acids is 1. The molecule has 27 heavy (non-hydrogen) atoms. The minimum Gasteiger partial charge on any atom is -0.320 e. The quantitative estimate of drug-likeness (QED) is 0.457. The molecule has 0 atom stereocenters. The van der Waals surface area contributed by atoms with Crippen LogP contribution < -0.4 is 5.32 Å². The predicted octanol–water partition coefficient (Wildman–Crippen LogP) is 5.43. The molecule has 0 bridgehead atoms. The van der Waals surface area contributed by atoms with Gasteiger partial charge in [0.05, 0.1) is 11.2 Å². The fourth-order valence-electron chi connectivity index (χ4n) is 2.36. The molecule has 1 N–H and O–H groups in total. The lowest BCUT2D eigenvalue weighted by Gasteiger charge is -2.10. The Bertz CT molecular complexity index is 979. The highest BCUT2D eigenvalue weighted by molar-refractivity contribution is 7.98. The van der Waals surface area contributed by atoms with Crippen molar-refractivity contribution >= 4 is 35.0 Å². The van der Waals surface area contributed by atoms with Gasteiger partial charge in [0, 0.05) is 11.4 Å². The number of rotatable bonds is 5. The number of aryl methyl sites for hydroxylation is 2. The minimum atomic E-state index is -0.389. The van der Waals surface area contributed by atoms with Crippen LogP contribution in [0.2, 0.25) is 5.02 Å². The van der Waals surface area contributed by atoms with Crippen LogP contribution in [0.5, 0.6) is 0 Å². The van der Waals surface area contributed by atoms with Gasteiger partial charge in [0.15, 0.2) is 10.9 Å². The van der Waals surface area contributed by atoms with Gasteiger partial charge in [-0.15, -0.1) is 0 Å². The first-order valence-electron chi connectivity index (χ1n) is 8.21. The summed E-state index contributed by atoms with van der Waals surface area (Å²) in [6, 6.07) is 12.0. The molecule has 0 fully saturated rings. The molecular formula is C20H17ClFN3OS. The smallest absolute Gasteiger partial charge is 0.275 e. The number of nitrogens with zero attached hydrogens (tertiary/aromatic N) is 2. The first-order chi connectivity index (χ1) is 12.9. The third kappa shape index (κ3) is 5.05. The highest BCUT2D eigenvalue weighted by Crippen LogP contribution is 2.23. The van der Waals surface area contributed by atoms with E-state index in [0.29, 0.717) is 10.9 Å². The maximum atomic E-state index is 13.0. The summed E-state index contributed by atoms with van der Waals surface area (Å²) in [5.74, 6) is -0.114. The molecule has 0 radical (unpaired) electrons. The van der Waals surface area contributed by atoms with Gasteiger partial charge in [0.2, 0.25) is 0 Å².